The van der Waals surface area contributed by atoms with Crippen LogP contribution in [0.5, 0.6) is 0 Å². The summed E-state index contributed by atoms with van der Waals surface area (Å²) in [6.45, 7) is 1.28. The van der Waals surface area contributed by atoms with E-state index in [2.05, 4.69) is 10.6 Å². The standard InChI is InChI=1S/C13H19N3O4/c1-20-5-4-16-8-9(2-3-12(16)18)15-13(19)11-6-10(17)7-14-11/h2-3,8,10-11,14,17H,4-7H2,1H3,(H,15,19). The van der Waals surface area contributed by atoms with Crippen LogP contribution in [0.1, 0.15) is 6.42 Å². The zero-order chi connectivity index (χ0) is 14.5. The molecule has 1 aliphatic rings. The van der Waals surface area contributed by atoms with Gasteiger partial charge in [-0.15, -0.1) is 0 Å². The maximum Gasteiger partial charge on any atom is 0.250 e. The average Bonchev–Trinajstić information content (AvgIpc) is 2.86. The van der Waals surface area contributed by atoms with E-state index in [9.17, 15) is 14.7 Å². The zero-order valence-electron chi connectivity index (χ0n) is 11.3. The van der Waals surface area contributed by atoms with Crippen LogP contribution in [0.15, 0.2) is 23.1 Å². The summed E-state index contributed by atoms with van der Waals surface area (Å²) >= 11 is 0. The second-order valence-corrected chi connectivity index (χ2v) is 4.78. The molecule has 1 aromatic rings. The first-order valence-electron chi connectivity index (χ1n) is 6.52. The van der Waals surface area contributed by atoms with E-state index in [4.69, 9.17) is 4.74 Å². The molecule has 1 amide bonds. The number of carbonyl (C=O) groups is 1. The van der Waals surface area contributed by atoms with E-state index in [0.29, 0.717) is 31.8 Å². The molecule has 1 aliphatic heterocycles. The Labute approximate surface area is 116 Å². The van der Waals surface area contributed by atoms with Crippen molar-refractivity contribution in [1.29, 1.82) is 0 Å². The highest BCUT2D eigenvalue weighted by atomic mass is 16.5. The number of rotatable bonds is 5. The predicted octanol–water partition coefficient (Wildman–Crippen LogP) is -0.844. The third kappa shape index (κ3) is 3.66. The topological polar surface area (TPSA) is 92.6 Å². The van der Waals surface area contributed by atoms with Gasteiger partial charge in [-0.2, -0.15) is 0 Å². The van der Waals surface area contributed by atoms with Gasteiger partial charge in [-0.3, -0.25) is 9.59 Å². The molecule has 110 valence electrons. The van der Waals surface area contributed by atoms with Gasteiger partial charge in [0.25, 0.3) is 5.56 Å². The van der Waals surface area contributed by atoms with Gasteiger partial charge in [0.2, 0.25) is 5.91 Å². The van der Waals surface area contributed by atoms with Gasteiger partial charge >= 0.3 is 0 Å². The Morgan fingerprint density at radius 3 is 3.05 bits per heavy atom. The molecule has 1 saturated heterocycles. The lowest BCUT2D eigenvalue weighted by atomic mass is 10.2. The fraction of sp³-hybridized carbons (Fsp3) is 0.538. The minimum Gasteiger partial charge on any atom is -0.392 e. The molecule has 0 spiro atoms. The highest BCUT2D eigenvalue weighted by Crippen LogP contribution is 2.10. The highest BCUT2D eigenvalue weighted by molar-refractivity contribution is 5.94. The number of carbonyl (C=O) groups excluding carboxylic acids is 1. The molecule has 0 saturated carbocycles. The van der Waals surface area contributed by atoms with Gasteiger partial charge in [0.15, 0.2) is 0 Å². The lowest BCUT2D eigenvalue weighted by Crippen LogP contribution is -2.35. The van der Waals surface area contributed by atoms with Crippen molar-refractivity contribution >= 4 is 11.6 Å². The van der Waals surface area contributed by atoms with Crippen LogP contribution < -0.4 is 16.2 Å². The Balaban J connectivity index is 2.02. The molecular weight excluding hydrogens is 262 g/mol. The van der Waals surface area contributed by atoms with Gasteiger partial charge in [0, 0.05) is 32.5 Å². The van der Waals surface area contributed by atoms with Crippen LogP contribution in [0.4, 0.5) is 5.69 Å². The minimum absolute atomic E-state index is 0.144. The highest BCUT2D eigenvalue weighted by Gasteiger charge is 2.27. The molecule has 1 aromatic heterocycles. The fourth-order valence-corrected chi connectivity index (χ4v) is 2.12. The van der Waals surface area contributed by atoms with Crippen LogP contribution in [0.3, 0.4) is 0 Å². The van der Waals surface area contributed by atoms with Crippen LogP contribution >= 0.6 is 0 Å². The summed E-state index contributed by atoms with van der Waals surface area (Å²) in [5, 5.41) is 15.1. The van der Waals surface area contributed by atoms with E-state index >= 15 is 0 Å². The Bertz CT molecular complexity index is 529. The summed E-state index contributed by atoms with van der Waals surface area (Å²) in [6.07, 6.45) is 1.50. The van der Waals surface area contributed by atoms with Gasteiger partial charge in [0.1, 0.15) is 0 Å². The second kappa shape index (κ2) is 6.65. The summed E-state index contributed by atoms with van der Waals surface area (Å²) in [5.41, 5.74) is 0.406. The number of aliphatic hydroxyl groups is 1. The number of pyridine rings is 1. The molecule has 0 radical (unpaired) electrons. The van der Waals surface area contributed by atoms with E-state index in [0.717, 1.165) is 0 Å². The van der Waals surface area contributed by atoms with Crippen molar-refractivity contribution in [2.75, 3.05) is 25.6 Å². The summed E-state index contributed by atoms with van der Waals surface area (Å²) in [6, 6.07) is 2.57. The van der Waals surface area contributed by atoms with Crippen LogP contribution in [0.2, 0.25) is 0 Å². The summed E-state index contributed by atoms with van der Waals surface area (Å²) in [4.78, 5) is 23.6. The van der Waals surface area contributed by atoms with Crippen molar-refractivity contribution in [3.05, 3.63) is 28.7 Å². The molecule has 20 heavy (non-hydrogen) atoms. The number of methoxy groups -OCH3 is 1. The number of hydrogen-bond acceptors (Lipinski definition) is 5. The Morgan fingerprint density at radius 1 is 1.60 bits per heavy atom. The first-order valence-corrected chi connectivity index (χ1v) is 6.52. The Kier molecular flexibility index (Phi) is 4.89. The number of anilines is 1. The van der Waals surface area contributed by atoms with Crippen LogP contribution in [-0.4, -0.2) is 48.0 Å². The normalized spacial score (nSPS) is 21.9. The van der Waals surface area contributed by atoms with Gasteiger partial charge < -0.3 is 25.0 Å². The maximum absolute atomic E-state index is 12.0. The van der Waals surface area contributed by atoms with Gasteiger partial charge in [-0.25, -0.2) is 0 Å². The lowest BCUT2D eigenvalue weighted by Gasteiger charge is -2.12. The molecule has 7 nitrogen and oxygen atoms in total. The van der Waals surface area contributed by atoms with Gasteiger partial charge in [0.05, 0.1) is 24.4 Å². The number of hydrogen-bond donors (Lipinski definition) is 3. The first kappa shape index (κ1) is 14.7. The van der Waals surface area contributed by atoms with E-state index in [1.54, 1.807) is 19.4 Å². The predicted molar refractivity (Wildman–Crippen MR) is 73.6 cm³/mol. The third-order valence-electron chi connectivity index (χ3n) is 3.21. The number of nitrogens with one attached hydrogen (secondary N) is 2. The summed E-state index contributed by atoms with van der Waals surface area (Å²) < 4.78 is 6.41. The van der Waals surface area contributed by atoms with Gasteiger partial charge in [-0.1, -0.05) is 0 Å². The number of nitrogens with zero attached hydrogens (tertiary/aromatic N) is 1. The number of aromatic nitrogens is 1. The molecule has 3 N–H and O–H groups in total. The number of aliphatic hydroxyl groups excluding tert-OH is 1. The largest absolute Gasteiger partial charge is 0.392 e. The van der Waals surface area contributed by atoms with E-state index < -0.39 is 12.1 Å². The van der Waals surface area contributed by atoms with Crippen LogP contribution in [-0.2, 0) is 16.1 Å². The van der Waals surface area contributed by atoms with E-state index in [1.807, 2.05) is 0 Å². The van der Waals surface area contributed by atoms with E-state index in [1.165, 1.54) is 10.6 Å². The van der Waals surface area contributed by atoms with Crippen molar-refractivity contribution in [1.82, 2.24) is 9.88 Å². The Hall–Kier alpha value is -1.70. The van der Waals surface area contributed by atoms with Crippen LogP contribution in [0, 0.1) is 0 Å². The maximum atomic E-state index is 12.0. The molecule has 0 aromatic carbocycles. The quantitative estimate of drug-likeness (QED) is 0.654. The molecule has 2 rings (SSSR count). The van der Waals surface area contributed by atoms with Gasteiger partial charge in [-0.05, 0) is 12.5 Å². The third-order valence-corrected chi connectivity index (χ3v) is 3.21. The SMILES string of the molecule is COCCn1cc(NC(=O)C2CC(O)CN2)ccc1=O. The molecular formula is C13H19N3O4. The molecule has 0 bridgehead atoms. The number of ether oxygens (including phenoxy) is 1. The van der Waals surface area contributed by atoms with Crippen molar-refractivity contribution in [3.8, 4) is 0 Å². The van der Waals surface area contributed by atoms with Crippen molar-refractivity contribution < 1.29 is 14.6 Å². The van der Waals surface area contributed by atoms with Crippen molar-refractivity contribution in [3.63, 3.8) is 0 Å². The van der Waals surface area contributed by atoms with Crippen molar-refractivity contribution in [2.24, 2.45) is 0 Å². The number of β-amino-alcohol motifs (C(OH)–C–C–N with tert-alkyl or cyclic N) is 1. The Morgan fingerprint density at radius 2 is 2.40 bits per heavy atom. The number of amides is 1. The van der Waals surface area contributed by atoms with Crippen molar-refractivity contribution in [2.45, 2.75) is 25.1 Å². The molecule has 2 heterocycles. The molecule has 2 unspecified atom stereocenters. The smallest absolute Gasteiger partial charge is 0.250 e. The zero-order valence-corrected chi connectivity index (χ0v) is 11.3. The molecule has 2 atom stereocenters. The molecule has 7 heteroatoms. The summed E-state index contributed by atoms with van der Waals surface area (Å²) in [5.74, 6) is -0.210. The summed E-state index contributed by atoms with van der Waals surface area (Å²) in [7, 11) is 1.56. The molecule has 0 aliphatic carbocycles. The second-order valence-electron chi connectivity index (χ2n) is 4.78. The monoisotopic (exact) mass is 281 g/mol. The first-order chi connectivity index (χ1) is 9.60. The molecule has 1 fully saturated rings. The van der Waals surface area contributed by atoms with E-state index in [-0.39, 0.29) is 11.5 Å². The van der Waals surface area contributed by atoms with Crippen LogP contribution in [0.25, 0.3) is 0 Å². The minimum atomic E-state index is -0.485. The lowest BCUT2D eigenvalue weighted by molar-refractivity contribution is -0.117. The fourth-order valence-electron chi connectivity index (χ4n) is 2.12. The average molecular weight is 281 g/mol.